The highest BCUT2D eigenvalue weighted by atomic mass is 16.5. The van der Waals surface area contributed by atoms with E-state index in [-0.39, 0.29) is 5.91 Å². The predicted octanol–water partition coefficient (Wildman–Crippen LogP) is 3.61. The SMILES string of the molecule is Cc1cccc(C)c1OCCNC(=O)CN1CCC(OC2CCCCC2)CC1. The number of para-hydroxylation sites is 1. The van der Waals surface area contributed by atoms with Gasteiger partial charge in [0.05, 0.1) is 25.3 Å². The van der Waals surface area contributed by atoms with Crippen LogP contribution in [-0.4, -0.2) is 55.8 Å². The first-order chi connectivity index (χ1) is 13.6. The molecule has 0 unspecified atom stereocenters. The highest BCUT2D eigenvalue weighted by Gasteiger charge is 2.24. The molecule has 1 saturated carbocycles. The van der Waals surface area contributed by atoms with Gasteiger partial charge < -0.3 is 14.8 Å². The second-order valence-corrected chi connectivity index (χ2v) is 8.29. The summed E-state index contributed by atoms with van der Waals surface area (Å²) in [5, 5.41) is 2.98. The standard InChI is InChI=1S/C23H36N2O3/c1-18-7-6-8-19(2)23(18)27-16-13-24-22(26)17-25-14-11-21(12-15-25)28-20-9-4-3-5-10-20/h6-8,20-21H,3-5,9-17H2,1-2H3,(H,24,26). The molecule has 1 N–H and O–H groups in total. The maximum absolute atomic E-state index is 12.2. The van der Waals surface area contributed by atoms with Crippen LogP contribution in [0.5, 0.6) is 5.75 Å². The average molecular weight is 389 g/mol. The van der Waals surface area contributed by atoms with Crippen LogP contribution >= 0.6 is 0 Å². The van der Waals surface area contributed by atoms with Crippen LogP contribution in [0.25, 0.3) is 0 Å². The van der Waals surface area contributed by atoms with Crippen molar-refractivity contribution < 1.29 is 14.3 Å². The molecule has 1 aliphatic heterocycles. The fourth-order valence-corrected chi connectivity index (χ4v) is 4.31. The van der Waals surface area contributed by atoms with Crippen molar-refractivity contribution >= 4 is 5.91 Å². The largest absolute Gasteiger partial charge is 0.491 e. The number of likely N-dealkylation sites (tertiary alicyclic amines) is 1. The van der Waals surface area contributed by atoms with E-state index in [0.717, 1.165) is 42.8 Å². The number of carbonyl (C=O) groups is 1. The van der Waals surface area contributed by atoms with Gasteiger partial charge in [0.15, 0.2) is 0 Å². The van der Waals surface area contributed by atoms with Gasteiger partial charge in [-0.05, 0) is 50.7 Å². The minimum absolute atomic E-state index is 0.0803. The lowest BCUT2D eigenvalue weighted by molar-refractivity contribution is -0.123. The van der Waals surface area contributed by atoms with Crippen molar-refractivity contribution in [3.8, 4) is 5.75 Å². The molecule has 2 aliphatic rings. The zero-order valence-electron chi connectivity index (χ0n) is 17.5. The Morgan fingerprint density at radius 3 is 2.36 bits per heavy atom. The molecule has 28 heavy (non-hydrogen) atoms. The molecular weight excluding hydrogens is 352 g/mol. The Labute approximate surface area is 169 Å². The lowest BCUT2D eigenvalue weighted by Crippen LogP contribution is -2.44. The third-order valence-corrected chi connectivity index (χ3v) is 5.92. The highest BCUT2D eigenvalue weighted by molar-refractivity contribution is 5.78. The number of aryl methyl sites for hydroxylation is 2. The zero-order chi connectivity index (χ0) is 19.8. The Balaban J connectivity index is 1.28. The van der Waals surface area contributed by atoms with Crippen LogP contribution < -0.4 is 10.1 Å². The summed E-state index contributed by atoms with van der Waals surface area (Å²) >= 11 is 0. The first kappa shape index (κ1) is 21.1. The maximum Gasteiger partial charge on any atom is 0.234 e. The summed E-state index contributed by atoms with van der Waals surface area (Å²) < 4.78 is 12.1. The van der Waals surface area contributed by atoms with Gasteiger partial charge in [0.1, 0.15) is 12.4 Å². The molecule has 0 aromatic heterocycles. The van der Waals surface area contributed by atoms with Crippen molar-refractivity contribution in [2.45, 2.75) is 71.0 Å². The first-order valence-electron chi connectivity index (χ1n) is 11.0. The molecule has 3 rings (SSSR count). The number of piperidine rings is 1. The number of nitrogens with zero attached hydrogens (tertiary/aromatic N) is 1. The van der Waals surface area contributed by atoms with Crippen LogP contribution in [0.15, 0.2) is 18.2 Å². The van der Waals surface area contributed by atoms with Crippen molar-refractivity contribution in [2.75, 3.05) is 32.8 Å². The number of carbonyl (C=O) groups excluding carboxylic acids is 1. The number of hydrogen-bond donors (Lipinski definition) is 1. The lowest BCUT2D eigenvalue weighted by Gasteiger charge is -2.34. The summed E-state index contributed by atoms with van der Waals surface area (Å²) in [6.45, 7) is 7.49. The molecular formula is C23H36N2O3. The average Bonchev–Trinajstić information content (AvgIpc) is 2.69. The lowest BCUT2D eigenvalue weighted by atomic mass is 9.97. The quantitative estimate of drug-likeness (QED) is 0.691. The van der Waals surface area contributed by atoms with Gasteiger partial charge in [-0.15, -0.1) is 0 Å². The second kappa shape index (κ2) is 10.8. The minimum atomic E-state index is 0.0803. The van der Waals surface area contributed by atoms with Gasteiger partial charge in [-0.25, -0.2) is 0 Å². The number of hydrogen-bond acceptors (Lipinski definition) is 4. The predicted molar refractivity (Wildman–Crippen MR) is 112 cm³/mol. The fraction of sp³-hybridized carbons (Fsp3) is 0.696. The first-order valence-corrected chi connectivity index (χ1v) is 11.0. The monoisotopic (exact) mass is 388 g/mol. The Kier molecular flexibility index (Phi) is 8.16. The summed E-state index contributed by atoms with van der Waals surface area (Å²) in [4.78, 5) is 14.5. The third kappa shape index (κ3) is 6.49. The van der Waals surface area contributed by atoms with Crippen LogP contribution in [0.1, 0.15) is 56.1 Å². The van der Waals surface area contributed by atoms with E-state index in [2.05, 4.69) is 10.2 Å². The molecule has 5 nitrogen and oxygen atoms in total. The Morgan fingerprint density at radius 2 is 1.68 bits per heavy atom. The molecule has 156 valence electrons. The van der Waals surface area contributed by atoms with Crippen molar-refractivity contribution in [3.63, 3.8) is 0 Å². The van der Waals surface area contributed by atoms with Crippen LogP contribution in [0.3, 0.4) is 0 Å². The fourth-order valence-electron chi connectivity index (χ4n) is 4.31. The molecule has 1 aliphatic carbocycles. The molecule has 0 bridgehead atoms. The molecule has 0 radical (unpaired) electrons. The van der Waals surface area contributed by atoms with Crippen LogP contribution in [0, 0.1) is 13.8 Å². The summed E-state index contributed by atoms with van der Waals surface area (Å²) in [7, 11) is 0. The van der Waals surface area contributed by atoms with E-state index in [9.17, 15) is 4.79 Å². The van der Waals surface area contributed by atoms with Gasteiger partial charge in [-0.1, -0.05) is 37.5 Å². The highest BCUT2D eigenvalue weighted by Crippen LogP contribution is 2.24. The summed E-state index contributed by atoms with van der Waals surface area (Å²) in [6, 6.07) is 6.12. The normalized spacial score (nSPS) is 19.5. The van der Waals surface area contributed by atoms with Crippen molar-refractivity contribution in [3.05, 3.63) is 29.3 Å². The van der Waals surface area contributed by atoms with Crippen LogP contribution in [0.2, 0.25) is 0 Å². The topological polar surface area (TPSA) is 50.8 Å². The third-order valence-electron chi connectivity index (χ3n) is 5.92. The number of benzene rings is 1. The zero-order valence-corrected chi connectivity index (χ0v) is 17.5. The van der Waals surface area contributed by atoms with Gasteiger partial charge in [0.25, 0.3) is 0 Å². The Hall–Kier alpha value is -1.59. The smallest absolute Gasteiger partial charge is 0.234 e. The van der Waals surface area contributed by atoms with Crippen molar-refractivity contribution in [1.82, 2.24) is 10.2 Å². The second-order valence-electron chi connectivity index (χ2n) is 8.29. The Morgan fingerprint density at radius 1 is 1.04 bits per heavy atom. The molecule has 2 fully saturated rings. The van der Waals surface area contributed by atoms with Crippen LogP contribution in [-0.2, 0) is 9.53 Å². The molecule has 1 aromatic carbocycles. The van der Waals surface area contributed by atoms with E-state index in [1.165, 1.54) is 32.1 Å². The molecule has 0 atom stereocenters. The van der Waals surface area contributed by atoms with Crippen LogP contribution in [0.4, 0.5) is 0 Å². The molecule has 1 amide bonds. The molecule has 1 aromatic rings. The molecule has 0 spiro atoms. The van der Waals surface area contributed by atoms with E-state index in [1.807, 2.05) is 32.0 Å². The van der Waals surface area contributed by atoms with Gasteiger partial charge >= 0.3 is 0 Å². The number of ether oxygens (including phenoxy) is 2. The van der Waals surface area contributed by atoms with Gasteiger partial charge in [-0.2, -0.15) is 0 Å². The molecule has 5 heteroatoms. The van der Waals surface area contributed by atoms with E-state index in [0.29, 0.717) is 31.9 Å². The maximum atomic E-state index is 12.2. The minimum Gasteiger partial charge on any atom is -0.491 e. The number of rotatable bonds is 8. The van der Waals surface area contributed by atoms with Gasteiger partial charge in [0, 0.05) is 13.1 Å². The number of nitrogens with one attached hydrogen (secondary N) is 1. The van der Waals surface area contributed by atoms with Gasteiger partial charge in [-0.3, -0.25) is 9.69 Å². The van der Waals surface area contributed by atoms with E-state index in [1.54, 1.807) is 0 Å². The molecule has 1 heterocycles. The van der Waals surface area contributed by atoms with E-state index in [4.69, 9.17) is 9.47 Å². The Bertz CT molecular complexity index is 600. The summed E-state index contributed by atoms with van der Waals surface area (Å²) in [6.07, 6.45) is 9.40. The number of amides is 1. The van der Waals surface area contributed by atoms with Crippen molar-refractivity contribution in [2.24, 2.45) is 0 Å². The van der Waals surface area contributed by atoms with E-state index >= 15 is 0 Å². The molecule has 1 saturated heterocycles. The summed E-state index contributed by atoms with van der Waals surface area (Å²) in [5.41, 5.74) is 2.26. The van der Waals surface area contributed by atoms with Crippen molar-refractivity contribution in [1.29, 1.82) is 0 Å². The summed E-state index contributed by atoms with van der Waals surface area (Å²) in [5.74, 6) is 1.01. The van der Waals surface area contributed by atoms with E-state index < -0.39 is 0 Å². The van der Waals surface area contributed by atoms with Gasteiger partial charge in [0.2, 0.25) is 5.91 Å².